The molecule has 1 N–H and O–H groups in total. The molecule has 1 saturated carbocycles. The van der Waals surface area contributed by atoms with E-state index < -0.39 is 0 Å². The first-order chi connectivity index (χ1) is 8.83. The molecule has 1 heterocycles. The van der Waals surface area contributed by atoms with Crippen LogP contribution in [0.4, 0.5) is 0 Å². The van der Waals surface area contributed by atoms with Crippen LogP contribution in [0.1, 0.15) is 31.2 Å². The van der Waals surface area contributed by atoms with Gasteiger partial charge < -0.3 is 10.2 Å². The van der Waals surface area contributed by atoms with E-state index in [0.29, 0.717) is 12.1 Å². The fourth-order valence-electron chi connectivity index (χ4n) is 2.94. The van der Waals surface area contributed by atoms with Crippen molar-refractivity contribution < 1.29 is 0 Å². The van der Waals surface area contributed by atoms with Crippen LogP contribution in [0.15, 0.2) is 35.3 Å². The van der Waals surface area contributed by atoms with E-state index in [1.54, 1.807) is 0 Å². The molecular weight excluding hydrogens is 349 g/mol. The van der Waals surface area contributed by atoms with Crippen molar-refractivity contribution in [2.24, 2.45) is 4.99 Å². The van der Waals surface area contributed by atoms with E-state index in [0.717, 1.165) is 12.5 Å². The second-order valence-electron chi connectivity index (χ2n) is 5.40. The number of aliphatic imine (C=N–C) groups is 1. The van der Waals surface area contributed by atoms with Crippen LogP contribution in [0.25, 0.3) is 0 Å². The Morgan fingerprint density at radius 1 is 1.21 bits per heavy atom. The van der Waals surface area contributed by atoms with E-state index >= 15 is 0 Å². The molecule has 3 nitrogen and oxygen atoms in total. The topological polar surface area (TPSA) is 27.6 Å². The summed E-state index contributed by atoms with van der Waals surface area (Å²) in [5, 5.41) is 3.59. The van der Waals surface area contributed by atoms with E-state index in [4.69, 9.17) is 4.99 Å². The summed E-state index contributed by atoms with van der Waals surface area (Å²) >= 11 is 0. The molecule has 2 aliphatic rings. The zero-order chi connectivity index (χ0) is 12.4. The number of benzene rings is 1. The van der Waals surface area contributed by atoms with Crippen LogP contribution in [0.2, 0.25) is 0 Å². The maximum absolute atomic E-state index is 4.84. The van der Waals surface area contributed by atoms with Crippen LogP contribution in [0.3, 0.4) is 0 Å². The quantitative estimate of drug-likeness (QED) is 0.810. The van der Waals surface area contributed by atoms with Crippen LogP contribution < -0.4 is 5.32 Å². The van der Waals surface area contributed by atoms with Crippen molar-refractivity contribution in [3.05, 3.63) is 35.9 Å². The third-order valence-electron chi connectivity index (χ3n) is 3.96. The molecule has 0 aromatic heterocycles. The summed E-state index contributed by atoms with van der Waals surface area (Å²) in [7, 11) is 2.12. The van der Waals surface area contributed by atoms with Gasteiger partial charge in [0.25, 0.3) is 0 Å². The number of fused-ring (bicyclic) bond motifs is 1. The van der Waals surface area contributed by atoms with Crippen molar-refractivity contribution in [3.63, 3.8) is 0 Å². The van der Waals surface area contributed by atoms with Gasteiger partial charge in [0.15, 0.2) is 5.96 Å². The molecule has 0 radical (unpaired) electrons. The Bertz CT molecular complexity index is 432. The van der Waals surface area contributed by atoms with E-state index in [9.17, 15) is 0 Å². The highest BCUT2D eigenvalue weighted by atomic mass is 127. The molecule has 0 unspecified atom stereocenters. The lowest BCUT2D eigenvalue weighted by molar-refractivity contribution is 0.381. The summed E-state index contributed by atoms with van der Waals surface area (Å²) in [4.78, 5) is 7.07. The van der Waals surface area contributed by atoms with Gasteiger partial charge in [0, 0.05) is 13.6 Å². The predicted octanol–water partition coefficient (Wildman–Crippen LogP) is 3.01. The molecule has 1 aliphatic heterocycles. The predicted molar refractivity (Wildman–Crippen MR) is 89.9 cm³/mol. The Kier molecular flexibility index (Phi) is 5.07. The summed E-state index contributed by atoms with van der Waals surface area (Å²) in [6.45, 7) is 0.923. The van der Waals surface area contributed by atoms with Crippen LogP contribution in [-0.4, -0.2) is 30.0 Å². The normalized spacial score (nSPS) is 24.8. The summed E-state index contributed by atoms with van der Waals surface area (Å²) in [5.41, 5.74) is 1.33. The third kappa shape index (κ3) is 3.41. The molecular formula is C15H22IN3. The van der Waals surface area contributed by atoms with E-state index in [1.165, 1.54) is 31.2 Å². The van der Waals surface area contributed by atoms with Gasteiger partial charge in [-0.2, -0.15) is 0 Å². The maximum Gasteiger partial charge on any atom is 0.194 e. The van der Waals surface area contributed by atoms with Crippen LogP contribution >= 0.6 is 24.0 Å². The Labute approximate surface area is 132 Å². The monoisotopic (exact) mass is 371 g/mol. The number of hydrogen-bond acceptors (Lipinski definition) is 3. The van der Waals surface area contributed by atoms with Crippen molar-refractivity contribution in [3.8, 4) is 0 Å². The van der Waals surface area contributed by atoms with E-state index in [-0.39, 0.29) is 24.0 Å². The number of hydrogen-bond donors (Lipinski definition) is 1. The van der Waals surface area contributed by atoms with Gasteiger partial charge in [-0.3, -0.25) is 0 Å². The van der Waals surface area contributed by atoms with Crippen molar-refractivity contribution in [2.75, 3.05) is 7.05 Å². The molecule has 1 aliphatic carbocycles. The van der Waals surface area contributed by atoms with Crippen molar-refractivity contribution >= 4 is 29.9 Å². The number of halogens is 1. The van der Waals surface area contributed by atoms with E-state index in [2.05, 4.69) is 47.6 Å². The van der Waals surface area contributed by atoms with Gasteiger partial charge in [-0.25, -0.2) is 4.99 Å². The Morgan fingerprint density at radius 3 is 2.68 bits per heavy atom. The van der Waals surface area contributed by atoms with Gasteiger partial charge in [0.2, 0.25) is 0 Å². The first kappa shape index (κ1) is 14.6. The van der Waals surface area contributed by atoms with Gasteiger partial charge in [-0.15, -0.1) is 24.0 Å². The fourth-order valence-corrected chi connectivity index (χ4v) is 2.94. The molecule has 0 spiro atoms. The lowest BCUT2D eigenvalue weighted by Gasteiger charge is -2.24. The first-order valence-electron chi connectivity index (χ1n) is 6.92. The molecule has 0 amide bonds. The number of rotatable bonds is 2. The molecule has 1 aromatic rings. The fraction of sp³-hybridized carbons (Fsp3) is 0.533. The standard InChI is InChI=1S/C15H21N3.HI/c1-18(11-12-7-3-2-4-8-12)15-16-13-9-5-6-10-14(13)17-15;/h2-4,7-8,13-14H,5-6,9-11H2,1H3,(H,16,17);1H/t13-,14-;/m1./s1. The zero-order valence-electron chi connectivity index (χ0n) is 11.4. The number of nitrogens with zero attached hydrogens (tertiary/aromatic N) is 2. The molecule has 0 saturated heterocycles. The highest BCUT2D eigenvalue weighted by Crippen LogP contribution is 2.25. The van der Waals surface area contributed by atoms with Crippen LogP contribution in [0.5, 0.6) is 0 Å². The molecule has 3 rings (SSSR count). The highest BCUT2D eigenvalue weighted by molar-refractivity contribution is 14.0. The molecule has 1 fully saturated rings. The molecule has 4 heteroatoms. The smallest absolute Gasteiger partial charge is 0.194 e. The lowest BCUT2D eigenvalue weighted by Crippen LogP contribution is -2.42. The third-order valence-corrected chi connectivity index (χ3v) is 3.96. The van der Waals surface area contributed by atoms with Gasteiger partial charge in [-0.1, -0.05) is 43.2 Å². The maximum atomic E-state index is 4.84. The minimum absolute atomic E-state index is 0. The number of guanidine groups is 1. The second-order valence-corrected chi connectivity index (χ2v) is 5.40. The molecule has 19 heavy (non-hydrogen) atoms. The van der Waals surface area contributed by atoms with E-state index in [1.807, 2.05) is 0 Å². The number of nitrogens with one attached hydrogen (secondary N) is 1. The van der Waals surface area contributed by atoms with Crippen molar-refractivity contribution in [1.29, 1.82) is 0 Å². The lowest BCUT2D eigenvalue weighted by atomic mass is 9.92. The largest absolute Gasteiger partial charge is 0.351 e. The van der Waals surface area contributed by atoms with Gasteiger partial charge in [0.1, 0.15) is 0 Å². The summed E-state index contributed by atoms with van der Waals surface area (Å²) in [6, 6.07) is 11.7. The molecule has 2 atom stereocenters. The summed E-state index contributed by atoms with van der Waals surface area (Å²) in [6.07, 6.45) is 5.21. The summed E-state index contributed by atoms with van der Waals surface area (Å²) in [5.74, 6) is 1.08. The van der Waals surface area contributed by atoms with Gasteiger partial charge in [-0.05, 0) is 18.4 Å². The summed E-state index contributed by atoms with van der Waals surface area (Å²) < 4.78 is 0. The minimum atomic E-state index is 0. The Balaban J connectivity index is 0.00000133. The average Bonchev–Trinajstić information content (AvgIpc) is 2.84. The average molecular weight is 371 g/mol. The molecule has 0 bridgehead atoms. The van der Waals surface area contributed by atoms with Gasteiger partial charge in [0.05, 0.1) is 12.1 Å². The first-order valence-corrected chi connectivity index (χ1v) is 6.92. The SMILES string of the molecule is CN(Cc1ccccc1)C1=N[C@@H]2CCCC[C@H]2N1.I. The minimum Gasteiger partial charge on any atom is -0.351 e. The Morgan fingerprint density at radius 2 is 1.95 bits per heavy atom. The molecule has 1 aromatic carbocycles. The van der Waals surface area contributed by atoms with Crippen LogP contribution in [0, 0.1) is 0 Å². The molecule has 104 valence electrons. The highest BCUT2D eigenvalue weighted by Gasteiger charge is 2.31. The Hall–Kier alpha value is -0.780. The van der Waals surface area contributed by atoms with Gasteiger partial charge >= 0.3 is 0 Å². The van der Waals surface area contributed by atoms with Crippen LogP contribution in [-0.2, 0) is 6.54 Å². The van der Waals surface area contributed by atoms with Crippen molar-refractivity contribution in [1.82, 2.24) is 10.2 Å². The second kappa shape index (κ2) is 6.59. The van der Waals surface area contributed by atoms with Crippen molar-refractivity contribution in [2.45, 2.75) is 44.3 Å². The zero-order valence-corrected chi connectivity index (χ0v) is 13.7.